The standard InChI is InChI=1S/C14H17N3O2S2/c18-21(19,17-8-13-9-20-10-16-13)14-5-1-11(2-6-14)7-15-12-3-4-12/h1-2,5-6,9-10,12,15,17H,3-4,7-8H2. The zero-order chi connectivity index (χ0) is 14.7. The van der Waals surface area contributed by atoms with Crippen molar-refractivity contribution in [2.75, 3.05) is 0 Å². The summed E-state index contributed by atoms with van der Waals surface area (Å²) in [6.45, 7) is 1.01. The lowest BCUT2D eigenvalue weighted by Crippen LogP contribution is -2.23. The van der Waals surface area contributed by atoms with Crippen molar-refractivity contribution in [1.82, 2.24) is 15.0 Å². The van der Waals surface area contributed by atoms with Crippen LogP contribution < -0.4 is 10.0 Å². The second-order valence-electron chi connectivity index (χ2n) is 5.10. The molecule has 1 aromatic carbocycles. The van der Waals surface area contributed by atoms with Crippen LogP contribution in [-0.4, -0.2) is 19.4 Å². The molecule has 1 aliphatic rings. The van der Waals surface area contributed by atoms with Gasteiger partial charge in [0.1, 0.15) is 0 Å². The molecule has 5 nitrogen and oxygen atoms in total. The average Bonchev–Trinajstić information content (AvgIpc) is 3.17. The molecule has 3 rings (SSSR count). The van der Waals surface area contributed by atoms with Gasteiger partial charge in [-0.1, -0.05) is 12.1 Å². The summed E-state index contributed by atoms with van der Waals surface area (Å²) < 4.78 is 26.9. The molecule has 1 aromatic heterocycles. The number of rotatable bonds is 7. The summed E-state index contributed by atoms with van der Waals surface area (Å²) in [5, 5.41) is 5.23. The van der Waals surface area contributed by atoms with E-state index in [2.05, 4.69) is 15.0 Å². The molecular weight excluding hydrogens is 306 g/mol. The first-order valence-electron chi connectivity index (χ1n) is 6.82. The molecule has 2 aromatic rings. The molecule has 0 bridgehead atoms. The van der Waals surface area contributed by atoms with E-state index in [0.29, 0.717) is 6.04 Å². The lowest BCUT2D eigenvalue weighted by atomic mass is 10.2. The number of benzene rings is 1. The Labute approximate surface area is 128 Å². The van der Waals surface area contributed by atoms with Gasteiger partial charge in [-0.2, -0.15) is 0 Å². The van der Waals surface area contributed by atoms with Gasteiger partial charge in [0.25, 0.3) is 0 Å². The Morgan fingerprint density at radius 3 is 2.57 bits per heavy atom. The molecule has 112 valence electrons. The van der Waals surface area contributed by atoms with E-state index in [1.54, 1.807) is 17.6 Å². The molecule has 0 amide bonds. The van der Waals surface area contributed by atoms with Gasteiger partial charge in [-0.15, -0.1) is 11.3 Å². The summed E-state index contributed by atoms with van der Waals surface area (Å²) in [7, 11) is -3.48. The van der Waals surface area contributed by atoms with Crippen molar-refractivity contribution in [3.05, 3.63) is 46.4 Å². The van der Waals surface area contributed by atoms with Gasteiger partial charge in [0.05, 0.1) is 22.6 Å². The minimum atomic E-state index is -3.48. The SMILES string of the molecule is O=S(=O)(NCc1cscn1)c1ccc(CNC2CC2)cc1. The third kappa shape index (κ3) is 4.10. The van der Waals surface area contributed by atoms with Crippen LogP contribution in [0.1, 0.15) is 24.1 Å². The zero-order valence-corrected chi connectivity index (χ0v) is 13.1. The molecule has 1 fully saturated rings. The van der Waals surface area contributed by atoms with Crippen LogP contribution in [0.4, 0.5) is 0 Å². The average molecular weight is 323 g/mol. The predicted octanol–water partition coefficient (Wildman–Crippen LogP) is 1.87. The number of nitrogens with one attached hydrogen (secondary N) is 2. The molecule has 0 radical (unpaired) electrons. The van der Waals surface area contributed by atoms with Crippen LogP contribution in [0.2, 0.25) is 0 Å². The van der Waals surface area contributed by atoms with Crippen molar-refractivity contribution in [3.63, 3.8) is 0 Å². The van der Waals surface area contributed by atoms with Crippen LogP contribution in [-0.2, 0) is 23.1 Å². The van der Waals surface area contributed by atoms with Crippen LogP contribution in [0.3, 0.4) is 0 Å². The first kappa shape index (κ1) is 14.6. The normalized spacial score (nSPS) is 15.2. The molecular formula is C14H17N3O2S2. The van der Waals surface area contributed by atoms with Crippen LogP contribution in [0.15, 0.2) is 40.1 Å². The number of thiazole rings is 1. The Morgan fingerprint density at radius 1 is 1.19 bits per heavy atom. The molecule has 0 spiro atoms. The first-order valence-corrected chi connectivity index (χ1v) is 9.25. The molecule has 7 heteroatoms. The lowest BCUT2D eigenvalue weighted by Gasteiger charge is -2.07. The summed E-state index contributed by atoms with van der Waals surface area (Å²) in [6, 6.07) is 7.65. The van der Waals surface area contributed by atoms with Gasteiger partial charge < -0.3 is 5.32 Å². The van der Waals surface area contributed by atoms with Gasteiger partial charge in [-0.25, -0.2) is 18.1 Å². The third-order valence-corrected chi connectivity index (χ3v) is 5.39. The smallest absolute Gasteiger partial charge is 0.240 e. The van der Waals surface area contributed by atoms with Crippen molar-refractivity contribution in [2.45, 2.75) is 36.9 Å². The fourth-order valence-electron chi connectivity index (χ4n) is 1.91. The molecule has 0 unspecified atom stereocenters. The zero-order valence-electron chi connectivity index (χ0n) is 11.5. The summed E-state index contributed by atoms with van der Waals surface area (Å²) in [5.41, 5.74) is 3.51. The van der Waals surface area contributed by atoms with Crippen molar-refractivity contribution < 1.29 is 8.42 Å². The Morgan fingerprint density at radius 2 is 1.95 bits per heavy atom. The maximum absolute atomic E-state index is 12.2. The lowest BCUT2D eigenvalue weighted by molar-refractivity contribution is 0.580. The quantitative estimate of drug-likeness (QED) is 0.816. The molecule has 0 atom stereocenters. The Balaban J connectivity index is 1.61. The molecule has 1 heterocycles. The molecule has 1 saturated carbocycles. The van der Waals surface area contributed by atoms with Crippen LogP contribution in [0, 0.1) is 0 Å². The number of hydrogen-bond acceptors (Lipinski definition) is 5. The second kappa shape index (κ2) is 6.23. The monoisotopic (exact) mass is 323 g/mol. The maximum atomic E-state index is 12.2. The highest BCUT2D eigenvalue weighted by atomic mass is 32.2. The van der Waals surface area contributed by atoms with Crippen LogP contribution in [0.5, 0.6) is 0 Å². The molecule has 0 saturated heterocycles. The van der Waals surface area contributed by atoms with Gasteiger partial charge >= 0.3 is 0 Å². The largest absolute Gasteiger partial charge is 0.310 e. The molecule has 2 N–H and O–H groups in total. The number of nitrogens with zero attached hydrogens (tertiary/aromatic N) is 1. The number of aromatic nitrogens is 1. The minimum Gasteiger partial charge on any atom is -0.310 e. The van der Waals surface area contributed by atoms with Gasteiger partial charge in [-0.3, -0.25) is 0 Å². The molecule has 21 heavy (non-hydrogen) atoms. The van der Waals surface area contributed by atoms with E-state index < -0.39 is 10.0 Å². The van der Waals surface area contributed by atoms with Gasteiger partial charge in [0.15, 0.2) is 0 Å². The van der Waals surface area contributed by atoms with E-state index in [0.717, 1.165) is 17.8 Å². The Hall–Kier alpha value is -1.28. The minimum absolute atomic E-state index is 0.219. The highest BCUT2D eigenvalue weighted by Crippen LogP contribution is 2.19. The Bertz CT molecular complexity index is 678. The van der Waals surface area contributed by atoms with Crippen molar-refractivity contribution >= 4 is 21.4 Å². The Kier molecular flexibility index (Phi) is 4.34. The molecule has 0 aliphatic heterocycles. The van der Waals surface area contributed by atoms with Gasteiger partial charge in [0, 0.05) is 18.0 Å². The summed E-state index contributed by atoms with van der Waals surface area (Å²) >= 11 is 1.45. The molecule has 1 aliphatic carbocycles. The highest BCUT2D eigenvalue weighted by Gasteiger charge is 2.20. The van der Waals surface area contributed by atoms with E-state index in [9.17, 15) is 8.42 Å². The fourth-order valence-corrected chi connectivity index (χ4v) is 3.47. The fraction of sp³-hybridized carbons (Fsp3) is 0.357. The maximum Gasteiger partial charge on any atom is 0.240 e. The highest BCUT2D eigenvalue weighted by molar-refractivity contribution is 7.89. The number of sulfonamides is 1. The second-order valence-corrected chi connectivity index (χ2v) is 7.59. The van der Waals surface area contributed by atoms with Crippen molar-refractivity contribution in [2.24, 2.45) is 0 Å². The van der Waals surface area contributed by atoms with Crippen LogP contribution >= 0.6 is 11.3 Å². The van der Waals surface area contributed by atoms with Crippen LogP contribution in [0.25, 0.3) is 0 Å². The third-order valence-electron chi connectivity index (χ3n) is 3.33. The van der Waals surface area contributed by atoms with Crippen molar-refractivity contribution in [1.29, 1.82) is 0 Å². The first-order chi connectivity index (χ1) is 10.1. The van der Waals surface area contributed by atoms with E-state index in [4.69, 9.17) is 0 Å². The van der Waals surface area contributed by atoms with Gasteiger partial charge in [0.2, 0.25) is 10.0 Å². The van der Waals surface area contributed by atoms with E-state index >= 15 is 0 Å². The number of hydrogen-bond donors (Lipinski definition) is 2. The van der Waals surface area contributed by atoms with Crippen molar-refractivity contribution in [3.8, 4) is 0 Å². The topological polar surface area (TPSA) is 71.1 Å². The predicted molar refractivity (Wildman–Crippen MR) is 82.4 cm³/mol. The van der Waals surface area contributed by atoms with E-state index in [-0.39, 0.29) is 11.4 Å². The van der Waals surface area contributed by atoms with Gasteiger partial charge in [-0.05, 0) is 30.5 Å². The summed E-state index contributed by atoms with van der Waals surface area (Å²) in [6.07, 6.45) is 2.49. The summed E-state index contributed by atoms with van der Waals surface area (Å²) in [4.78, 5) is 4.34. The van der Waals surface area contributed by atoms with E-state index in [1.807, 2.05) is 17.5 Å². The summed E-state index contributed by atoms with van der Waals surface area (Å²) in [5.74, 6) is 0. The van der Waals surface area contributed by atoms with E-state index in [1.165, 1.54) is 24.2 Å².